The molecule has 2 aromatic carbocycles. The number of hydrogen-bond donors (Lipinski definition) is 2. The van der Waals surface area contributed by atoms with Crippen molar-refractivity contribution in [2.45, 2.75) is 0 Å². The predicted molar refractivity (Wildman–Crippen MR) is 80.6 cm³/mol. The second-order valence-corrected chi connectivity index (χ2v) is 5.53. The molecule has 0 fully saturated rings. The first-order valence-electron chi connectivity index (χ1n) is 5.29. The largest absolute Gasteiger partial charge is 0.399 e. The summed E-state index contributed by atoms with van der Waals surface area (Å²) >= 11 is 6.67. The molecule has 3 N–H and O–H groups in total. The lowest BCUT2D eigenvalue weighted by Gasteiger charge is -2.10. The summed E-state index contributed by atoms with van der Waals surface area (Å²) in [5, 5.41) is 2.69. The molecule has 2 rings (SSSR count). The molecule has 0 unspecified atom stereocenters. The Morgan fingerprint density at radius 1 is 1.16 bits per heavy atom. The zero-order chi connectivity index (χ0) is 14.0. The van der Waals surface area contributed by atoms with Gasteiger partial charge in [0.05, 0.1) is 5.69 Å². The quantitative estimate of drug-likeness (QED) is 0.759. The molecule has 0 aliphatic carbocycles. The molecule has 2 aromatic rings. The number of para-hydroxylation sites is 1. The van der Waals surface area contributed by atoms with Crippen molar-refractivity contribution in [3.63, 3.8) is 0 Å². The number of carbonyl (C=O) groups is 1. The molecule has 0 spiro atoms. The lowest BCUT2D eigenvalue weighted by Crippen LogP contribution is -2.13. The van der Waals surface area contributed by atoms with Crippen LogP contribution in [0.1, 0.15) is 10.4 Å². The molecule has 6 heteroatoms. The van der Waals surface area contributed by atoms with Crippen molar-refractivity contribution in [3.05, 3.63) is 56.7 Å². The molecule has 0 atom stereocenters. The van der Waals surface area contributed by atoms with Crippen LogP contribution >= 0.6 is 31.9 Å². The summed E-state index contributed by atoms with van der Waals surface area (Å²) < 4.78 is 14.7. The van der Waals surface area contributed by atoms with Crippen molar-refractivity contribution in [1.29, 1.82) is 0 Å². The minimum absolute atomic E-state index is 0.167. The van der Waals surface area contributed by atoms with Gasteiger partial charge >= 0.3 is 0 Å². The second kappa shape index (κ2) is 5.71. The smallest absolute Gasteiger partial charge is 0.255 e. The van der Waals surface area contributed by atoms with Crippen LogP contribution in [0.25, 0.3) is 0 Å². The number of hydrogen-bond acceptors (Lipinski definition) is 2. The minimum Gasteiger partial charge on any atom is -0.399 e. The number of nitrogens with one attached hydrogen (secondary N) is 1. The van der Waals surface area contributed by atoms with Gasteiger partial charge in [0.25, 0.3) is 5.91 Å². The van der Waals surface area contributed by atoms with E-state index in [1.54, 1.807) is 12.1 Å². The number of carbonyl (C=O) groups excluding carboxylic acids is 1. The molecule has 3 nitrogen and oxygen atoms in total. The van der Waals surface area contributed by atoms with E-state index in [9.17, 15) is 9.18 Å². The lowest BCUT2D eigenvalue weighted by atomic mass is 10.2. The highest BCUT2D eigenvalue weighted by Crippen LogP contribution is 2.31. The van der Waals surface area contributed by atoms with Crippen LogP contribution in [-0.4, -0.2) is 5.91 Å². The third kappa shape index (κ3) is 3.33. The molecule has 19 heavy (non-hydrogen) atoms. The van der Waals surface area contributed by atoms with Crippen LogP contribution in [-0.2, 0) is 0 Å². The number of anilines is 2. The number of nitrogen functional groups attached to an aromatic ring is 1. The fraction of sp³-hybridized carbons (Fsp3) is 0. The van der Waals surface area contributed by atoms with E-state index in [-0.39, 0.29) is 11.3 Å². The maximum Gasteiger partial charge on any atom is 0.255 e. The van der Waals surface area contributed by atoms with Gasteiger partial charge in [-0.25, -0.2) is 4.39 Å². The summed E-state index contributed by atoms with van der Waals surface area (Å²) in [4.78, 5) is 12.0. The first-order chi connectivity index (χ1) is 8.97. The highest BCUT2D eigenvalue weighted by molar-refractivity contribution is 9.11. The lowest BCUT2D eigenvalue weighted by molar-refractivity contribution is 0.102. The van der Waals surface area contributed by atoms with Gasteiger partial charge in [-0.15, -0.1) is 0 Å². The molecule has 0 aromatic heterocycles. The zero-order valence-electron chi connectivity index (χ0n) is 9.58. The summed E-state index contributed by atoms with van der Waals surface area (Å²) in [6.45, 7) is 0. The number of nitrogens with two attached hydrogens (primary N) is 1. The van der Waals surface area contributed by atoms with E-state index in [1.807, 2.05) is 6.07 Å². The Morgan fingerprint density at radius 3 is 2.37 bits per heavy atom. The van der Waals surface area contributed by atoms with Gasteiger partial charge in [0.15, 0.2) is 0 Å². The van der Waals surface area contributed by atoms with Gasteiger partial charge < -0.3 is 11.1 Å². The zero-order valence-corrected chi connectivity index (χ0v) is 12.8. The van der Waals surface area contributed by atoms with Gasteiger partial charge in [-0.05, 0) is 62.2 Å². The first kappa shape index (κ1) is 14.0. The van der Waals surface area contributed by atoms with Crippen molar-refractivity contribution in [1.82, 2.24) is 0 Å². The van der Waals surface area contributed by atoms with Crippen LogP contribution in [0.15, 0.2) is 45.3 Å². The van der Waals surface area contributed by atoms with Crippen LogP contribution in [0.2, 0.25) is 0 Å². The topological polar surface area (TPSA) is 55.1 Å². The molecule has 98 valence electrons. The van der Waals surface area contributed by atoms with E-state index < -0.39 is 11.7 Å². The van der Waals surface area contributed by atoms with Crippen LogP contribution in [0.5, 0.6) is 0 Å². The van der Waals surface area contributed by atoms with Gasteiger partial charge in [-0.1, -0.05) is 6.07 Å². The van der Waals surface area contributed by atoms with Crippen molar-refractivity contribution in [3.8, 4) is 0 Å². The molecule has 0 heterocycles. The van der Waals surface area contributed by atoms with Crippen LogP contribution < -0.4 is 11.1 Å². The maximum absolute atomic E-state index is 13.2. The monoisotopic (exact) mass is 386 g/mol. The SMILES string of the molecule is Nc1cc(F)cc(C(=O)Nc2c(Br)cccc2Br)c1. The number of amides is 1. The predicted octanol–water partition coefficient (Wildman–Crippen LogP) is 4.19. The fourth-order valence-electron chi connectivity index (χ4n) is 1.55. The highest BCUT2D eigenvalue weighted by Gasteiger charge is 2.12. The standard InChI is InChI=1S/C13H9Br2FN2O/c14-10-2-1-3-11(15)12(10)18-13(19)7-4-8(16)6-9(17)5-7/h1-6H,17H2,(H,18,19). The molecule has 0 saturated heterocycles. The van der Waals surface area contributed by atoms with E-state index in [0.717, 1.165) is 21.1 Å². The molecule has 0 aliphatic rings. The first-order valence-corrected chi connectivity index (χ1v) is 6.87. The Hall–Kier alpha value is -1.40. The van der Waals surface area contributed by atoms with Crippen LogP contribution in [0.4, 0.5) is 15.8 Å². The fourth-order valence-corrected chi connectivity index (χ4v) is 2.74. The Bertz CT molecular complexity index is 606. The molecular formula is C13H9Br2FN2O. The second-order valence-electron chi connectivity index (χ2n) is 3.82. The average molecular weight is 388 g/mol. The number of rotatable bonds is 2. The van der Waals surface area contributed by atoms with Gasteiger partial charge in [0.2, 0.25) is 0 Å². The highest BCUT2D eigenvalue weighted by atomic mass is 79.9. The molecular weight excluding hydrogens is 379 g/mol. The summed E-state index contributed by atoms with van der Waals surface area (Å²) in [7, 11) is 0. The normalized spacial score (nSPS) is 10.3. The van der Waals surface area contributed by atoms with Gasteiger partial charge in [0.1, 0.15) is 5.82 Å². The van der Waals surface area contributed by atoms with Gasteiger partial charge in [0, 0.05) is 20.2 Å². The third-order valence-electron chi connectivity index (χ3n) is 2.38. The van der Waals surface area contributed by atoms with E-state index in [1.165, 1.54) is 6.07 Å². The van der Waals surface area contributed by atoms with E-state index in [2.05, 4.69) is 37.2 Å². The summed E-state index contributed by atoms with van der Waals surface area (Å²) in [5.41, 5.74) is 6.46. The Kier molecular flexibility index (Phi) is 4.21. The molecule has 0 saturated carbocycles. The molecule has 0 bridgehead atoms. The van der Waals surface area contributed by atoms with E-state index in [4.69, 9.17) is 5.73 Å². The van der Waals surface area contributed by atoms with Crippen LogP contribution in [0.3, 0.4) is 0 Å². The summed E-state index contributed by atoms with van der Waals surface area (Å²) in [6.07, 6.45) is 0. The maximum atomic E-state index is 13.2. The van der Waals surface area contributed by atoms with Crippen LogP contribution in [0, 0.1) is 5.82 Å². The van der Waals surface area contributed by atoms with Gasteiger partial charge in [-0.2, -0.15) is 0 Å². The van der Waals surface area contributed by atoms with E-state index in [0.29, 0.717) is 5.69 Å². The van der Waals surface area contributed by atoms with Crippen molar-refractivity contribution in [2.75, 3.05) is 11.1 Å². The third-order valence-corrected chi connectivity index (χ3v) is 3.71. The van der Waals surface area contributed by atoms with Crippen molar-refractivity contribution in [2.24, 2.45) is 0 Å². The van der Waals surface area contributed by atoms with E-state index >= 15 is 0 Å². The Balaban J connectivity index is 2.31. The Morgan fingerprint density at radius 2 is 1.79 bits per heavy atom. The summed E-state index contributed by atoms with van der Waals surface area (Å²) in [5.74, 6) is -0.977. The minimum atomic E-state index is -0.545. The number of halogens is 3. The average Bonchev–Trinajstić information content (AvgIpc) is 2.32. The van der Waals surface area contributed by atoms with Gasteiger partial charge in [-0.3, -0.25) is 4.79 Å². The molecule has 1 amide bonds. The molecule has 0 aliphatic heterocycles. The molecule has 0 radical (unpaired) electrons. The summed E-state index contributed by atoms with van der Waals surface area (Å²) in [6, 6.07) is 9.12. The number of benzene rings is 2. The van der Waals surface area contributed by atoms with Crippen molar-refractivity contribution >= 4 is 49.1 Å². The van der Waals surface area contributed by atoms with Crippen molar-refractivity contribution < 1.29 is 9.18 Å². The Labute approximate surface area is 126 Å².